The van der Waals surface area contributed by atoms with Gasteiger partial charge >= 0.3 is 0 Å². The first-order valence-corrected chi connectivity index (χ1v) is 8.79. The van der Waals surface area contributed by atoms with Crippen molar-refractivity contribution < 1.29 is 4.74 Å². The van der Waals surface area contributed by atoms with E-state index in [1.807, 2.05) is 6.07 Å². The van der Waals surface area contributed by atoms with Crippen molar-refractivity contribution in [3.05, 3.63) is 30.3 Å². The molecule has 4 rings (SSSR count). The fraction of sp³-hybridized carbons (Fsp3) is 0.389. The summed E-state index contributed by atoms with van der Waals surface area (Å²) in [5.41, 5.74) is 1.08. The second kappa shape index (κ2) is 5.76. The highest BCUT2D eigenvalue weighted by molar-refractivity contribution is 7.22. The molecule has 1 aliphatic carbocycles. The zero-order chi connectivity index (χ0) is 14.9. The summed E-state index contributed by atoms with van der Waals surface area (Å²) in [6, 6.07) is 11.0. The largest absolute Gasteiger partial charge is 0.496 e. The molecule has 2 aromatic carbocycles. The summed E-state index contributed by atoms with van der Waals surface area (Å²) in [6.45, 7) is 0. The minimum Gasteiger partial charge on any atom is -0.496 e. The van der Waals surface area contributed by atoms with Gasteiger partial charge in [0.1, 0.15) is 5.75 Å². The minimum absolute atomic E-state index is 0.586. The molecule has 0 radical (unpaired) electrons. The number of benzene rings is 2. The molecule has 1 N–H and O–H groups in total. The molecule has 114 valence electrons. The molecule has 3 nitrogen and oxygen atoms in total. The monoisotopic (exact) mass is 312 g/mol. The lowest BCUT2D eigenvalue weighted by Gasteiger charge is -2.22. The van der Waals surface area contributed by atoms with Crippen LogP contribution in [0.1, 0.15) is 32.1 Å². The highest BCUT2D eigenvalue weighted by Crippen LogP contribution is 2.38. The van der Waals surface area contributed by atoms with Crippen molar-refractivity contribution >= 4 is 37.5 Å². The lowest BCUT2D eigenvalue weighted by Crippen LogP contribution is -2.21. The van der Waals surface area contributed by atoms with Crippen LogP contribution in [0, 0.1) is 0 Å². The van der Waals surface area contributed by atoms with E-state index in [1.54, 1.807) is 18.4 Å². The fourth-order valence-corrected chi connectivity index (χ4v) is 4.37. The normalized spacial score (nSPS) is 16.2. The predicted octanol–water partition coefficient (Wildman–Crippen LogP) is 5.20. The van der Waals surface area contributed by atoms with Gasteiger partial charge in [0.05, 0.1) is 17.3 Å². The molecular weight excluding hydrogens is 292 g/mol. The van der Waals surface area contributed by atoms with Crippen molar-refractivity contribution in [1.29, 1.82) is 0 Å². The number of hydrogen-bond acceptors (Lipinski definition) is 4. The van der Waals surface area contributed by atoms with Gasteiger partial charge in [-0.25, -0.2) is 4.98 Å². The van der Waals surface area contributed by atoms with Crippen LogP contribution in [0.4, 0.5) is 5.13 Å². The van der Waals surface area contributed by atoms with Gasteiger partial charge in [-0.05, 0) is 12.8 Å². The van der Waals surface area contributed by atoms with Gasteiger partial charge in [-0.1, -0.05) is 54.9 Å². The molecule has 0 atom stereocenters. The third-order valence-corrected chi connectivity index (χ3v) is 5.45. The average molecular weight is 312 g/mol. The van der Waals surface area contributed by atoms with Crippen LogP contribution in [0.5, 0.6) is 5.75 Å². The summed E-state index contributed by atoms with van der Waals surface area (Å²) in [6.07, 6.45) is 6.57. The average Bonchev–Trinajstić information content (AvgIpc) is 2.97. The second-order valence-electron chi connectivity index (χ2n) is 5.97. The van der Waals surface area contributed by atoms with Gasteiger partial charge in [0.25, 0.3) is 0 Å². The van der Waals surface area contributed by atoms with Gasteiger partial charge in [-0.3, -0.25) is 0 Å². The predicted molar refractivity (Wildman–Crippen MR) is 94.2 cm³/mol. The zero-order valence-corrected chi connectivity index (χ0v) is 13.6. The van der Waals surface area contributed by atoms with E-state index in [0.717, 1.165) is 21.8 Å². The number of nitrogens with zero attached hydrogens (tertiary/aromatic N) is 1. The fourth-order valence-electron chi connectivity index (χ4n) is 3.38. The Kier molecular flexibility index (Phi) is 3.62. The molecule has 0 bridgehead atoms. The molecule has 3 aromatic rings. The van der Waals surface area contributed by atoms with Crippen LogP contribution >= 0.6 is 11.3 Å². The first kappa shape index (κ1) is 13.8. The van der Waals surface area contributed by atoms with Gasteiger partial charge in [-0.2, -0.15) is 0 Å². The Morgan fingerprint density at radius 3 is 2.68 bits per heavy atom. The van der Waals surface area contributed by atoms with Gasteiger partial charge in [0.15, 0.2) is 5.13 Å². The molecule has 0 spiro atoms. The summed E-state index contributed by atoms with van der Waals surface area (Å²) >= 11 is 1.73. The van der Waals surface area contributed by atoms with E-state index < -0.39 is 0 Å². The summed E-state index contributed by atoms with van der Waals surface area (Å²) in [7, 11) is 1.73. The van der Waals surface area contributed by atoms with Crippen molar-refractivity contribution in [2.45, 2.75) is 38.1 Å². The number of hydrogen-bond donors (Lipinski definition) is 1. The maximum Gasteiger partial charge on any atom is 0.184 e. The van der Waals surface area contributed by atoms with E-state index in [0.29, 0.717) is 6.04 Å². The molecule has 4 heteroatoms. The first-order valence-electron chi connectivity index (χ1n) is 7.98. The third-order valence-electron chi connectivity index (χ3n) is 4.52. The van der Waals surface area contributed by atoms with Gasteiger partial charge in [-0.15, -0.1) is 0 Å². The molecule has 1 heterocycles. The molecule has 1 aromatic heterocycles. The summed E-state index contributed by atoms with van der Waals surface area (Å²) in [4.78, 5) is 4.86. The van der Waals surface area contributed by atoms with Crippen LogP contribution in [-0.4, -0.2) is 18.1 Å². The highest BCUT2D eigenvalue weighted by Gasteiger charge is 2.16. The van der Waals surface area contributed by atoms with E-state index in [9.17, 15) is 0 Å². The number of aromatic nitrogens is 1. The zero-order valence-electron chi connectivity index (χ0n) is 12.8. The standard InChI is InChI=1S/C18H20N2OS/c1-21-15-11-16-17(14-10-6-5-9-13(14)15)20-18(22-16)19-12-7-3-2-4-8-12/h5-6,9-12H,2-4,7-8H2,1H3,(H,19,20). The van der Waals surface area contributed by atoms with E-state index in [1.165, 1.54) is 42.2 Å². The quantitative estimate of drug-likeness (QED) is 0.721. The Labute approximate surface area is 134 Å². The van der Waals surface area contributed by atoms with Crippen LogP contribution in [-0.2, 0) is 0 Å². The highest BCUT2D eigenvalue weighted by atomic mass is 32.1. The lowest BCUT2D eigenvalue weighted by atomic mass is 9.96. The number of anilines is 1. The van der Waals surface area contributed by atoms with Crippen LogP contribution in [0.25, 0.3) is 21.0 Å². The Bertz CT molecular complexity index is 805. The summed E-state index contributed by atoms with van der Waals surface area (Å²) in [5, 5.41) is 6.98. The van der Waals surface area contributed by atoms with E-state index >= 15 is 0 Å². The lowest BCUT2D eigenvalue weighted by molar-refractivity contribution is 0.420. The maximum atomic E-state index is 5.55. The van der Waals surface area contributed by atoms with E-state index in [-0.39, 0.29) is 0 Å². The Balaban J connectivity index is 1.77. The van der Waals surface area contributed by atoms with Crippen LogP contribution in [0.3, 0.4) is 0 Å². The van der Waals surface area contributed by atoms with Crippen molar-refractivity contribution in [1.82, 2.24) is 4.98 Å². The Morgan fingerprint density at radius 1 is 1.14 bits per heavy atom. The molecule has 0 amide bonds. The van der Waals surface area contributed by atoms with Crippen LogP contribution in [0.2, 0.25) is 0 Å². The number of rotatable bonds is 3. The van der Waals surface area contributed by atoms with E-state index in [4.69, 9.17) is 9.72 Å². The van der Waals surface area contributed by atoms with Gasteiger partial charge in [0, 0.05) is 22.9 Å². The Morgan fingerprint density at radius 2 is 1.91 bits per heavy atom. The van der Waals surface area contributed by atoms with Crippen molar-refractivity contribution in [3.63, 3.8) is 0 Å². The van der Waals surface area contributed by atoms with Gasteiger partial charge < -0.3 is 10.1 Å². The summed E-state index contributed by atoms with van der Waals surface area (Å²) in [5.74, 6) is 0.927. The topological polar surface area (TPSA) is 34.1 Å². The molecule has 1 saturated carbocycles. The molecule has 1 fully saturated rings. The number of thiazole rings is 1. The smallest absolute Gasteiger partial charge is 0.184 e. The number of fused-ring (bicyclic) bond motifs is 3. The van der Waals surface area contributed by atoms with E-state index in [2.05, 4.69) is 29.6 Å². The molecule has 0 unspecified atom stereocenters. The van der Waals surface area contributed by atoms with Crippen LogP contribution < -0.4 is 10.1 Å². The number of methoxy groups -OCH3 is 1. The Hall–Kier alpha value is -1.81. The molecule has 0 aliphatic heterocycles. The molecule has 22 heavy (non-hydrogen) atoms. The molecular formula is C18H20N2OS. The summed E-state index contributed by atoms with van der Waals surface area (Å²) < 4.78 is 6.74. The van der Waals surface area contributed by atoms with Crippen molar-refractivity contribution in [3.8, 4) is 5.75 Å². The third kappa shape index (κ3) is 2.41. The maximum absolute atomic E-state index is 5.55. The SMILES string of the molecule is COc1cc2sc(NC3CCCCC3)nc2c2ccccc12. The molecule has 0 saturated heterocycles. The second-order valence-corrected chi connectivity index (χ2v) is 7.00. The number of nitrogens with one attached hydrogen (secondary N) is 1. The first-order chi connectivity index (χ1) is 10.8. The van der Waals surface area contributed by atoms with Crippen LogP contribution in [0.15, 0.2) is 30.3 Å². The number of ether oxygens (including phenoxy) is 1. The van der Waals surface area contributed by atoms with Crippen molar-refractivity contribution in [2.24, 2.45) is 0 Å². The van der Waals surface area contributed by atoms with Gasteiger partial charge in [0.2, 0.25) is 0 Å². The minimum atomic E-state index is 0.586. The van der Waals surface area contributed by atoms with Crippen molar-refractivity contribution in [2.75, 3.05) is 12.4 Å². The molecule has 1 aliphatic rings.